The van der Waals surface area contributed by atoms with Crippen molar-refractivity contribution in [3.05, 3.63) is 0 Å². The highest BCUT2D eigenvalue weighted by atomic mass is 16.7. The summed E-state index contributed by atoms with van der Waals surface area (Å²) in [7, 11) is 0. The molecular formula is C30H48O4. The Morgan fingerprint density at radius 3 is 2.47 bits per heavy atom. The van der Waals surface area contributed by atoms with Crippen LogP contribution in [0.5, 0.6) is 0 Å². The van der Waals surface area contributed by atoms with E-state index in [2.05, 4.69) is 41.5 Å². The van der Waals surface area contributed by atoms with E-state index in [0.29, 0.717) is 17.4 Å². The monoisotopic (exact) mass is 472 g/mol. The lowest BCUT2D eigenvalue weighted by atomic mass is 9.44. The molecule has 0 aromatic carbocycles. The normalized spacial score (nSPS) is 54.1. The minimum Gasteiger partial charge on any atom is -0.462 e. The Morgan fingerprint density at radius 2 is 1.76 bits per heavy atom. The number of carbonyl (C=O) groups is 1. The second-order valence-electron chi connectivity index (χ2n) is 14.4. The lowest BCUT2D eigenvalue weighted by Gasteiger charge is -2.56. The van der Waals surface area contributed by atoms with Crippen LogP contribution in [0, 0.1) is 40.4 Å². The Bertz CT molecular complexity index is 870. The van der Waals surface area contributed by atoms with Gasteiger partial charge >= 0.3 is 5.97 Å². The predicted molar refractivity (Wildman–Crippen MR) is 132 cm³/mol. The van der Waals surface area contributed by atoms with Crippen molar-refractivity contribution in [1.82, 2.24) is 0 Å². The predicted octanol–water partition coefficient (Wildman–Crippen LogP) is 6.69. The molecule has 6 aliphatic rings. The second-order valence-corrected chi connectivity index (χ2v) is 14.4. The minimum absolute atomic E-state index is 0.000146. The summed E-state index contributed by atoms with van der Waals surface area (Å²) in [5.41, 5.74) is -0.0208. The number of hydrogen-bond acceptors (Lipinski definition) is 4. The van der Waals surface area contributed by atoms with E-state index in [-0.39, 0.29) is 34.3 Å². The van der Waals surface area contributed by atoms with E-state index in [4.69, 9.17) is 14.2 Å². The molecule has 3 aliphatic carbocycles. The highest BCUT2D eigenvalue weighted by molar-refractivity contribution is 5.66. The Morgan fingerprint density at radius 1 is 1.00 bits per heavy atom. The van der Waals surface area contributed by atoms with Gasteiger partial charge in [-0.1, -0.05) is 54.4 Å². The van der Waals surface area contributed by atoms with Crippen molar-refractivity contribution < 1.29 is 19.0 Å². The fraction of sp³-hybridized carbons (Fsp3) is 0.967. The number of fused-ring (bicyclic) bond motifs is 1. The van der Waals surface area contributed by atoms with E-state index in [1.54, 1.807) is 6.92 Å². The summed E-state index contributed by atoms with van der Waals surface area (Å²) in [4.78, 5) is 11.7. The van der Waals surface area contributed by atoms with Gasteiger partial charge in [0.2, 0.25) is 0 Å². The first-order valence-corrected chi connectivity index (χ1v) is 14.5. The second kappa shape index (κ2) is 7.24. The van der Waals surface area contributed by atoms with Crippen LogP contribution in [0.4, 0.5) is 0 Å². The van der Waals surface area contributed by atoms with Gasteiger partial charge in [-0.2, -0.15) is 0 Å². The van der Waals surface area contributed by atoms with Gasteiger partial charge in [0.05, 0.1) is 11.7 Å². The minimum atomic E-state index is -0.179. The molecule has 0 aromatic rings. The molecule has 2 bridgehead atoms. The summed E-state index contributed by atoms with van der Waals surface area (Å²) < 4.78 is 20.1. The number of carbonyl (C=O) groups excluding carboxylic acids is 1. The highest BCUT2D eigenvalue weighted by Gasteiger charge is 2.94. The average molecular weight is 473 g/mol. The van der Waals surface area contributed by atoms with Crippen LogP contribution in [0.15, 0.2) is 0 Å². The molecule has 0 aromatic heterocycles. The maximum Gasteiger partial charge on any atom is 0.302 e. The van der Waals surface area contributed by atoms with Crippen molar-refractivity contribution in [3.63, 3.8) is 0 Å². The molecule has 0 radical (unpaired) electrons. The van der Waals surface area contributed by atoms with Crippen molar-refractivity contribution >= 4 is 5.97 Å². The van der Waals surface area contributed by atoms with Crippen LogP contribution < -0.4 is 0 Å². The van der Waals surface area contributed by atoms with Gasteiger partial charge in [-0.15, -0.1) is 0 Å². The van der Waals surface area contributed by atoms with Crippen LogP contribution in [0.25, 0.3) is 0 Å². The molecule has 0 unspecified atom stereocenters. The van der Waals surface area contributed by atoms with Crippen molar-refractivity contribution in [2.24, 2.45) is 40.4 Å². The van der Waals surface area contributed by atoms with Gasteiger partial charge in [0, 0.05) is 18.8 Å². The molecule has 11 atom stereocenters. The topological polar surface area (TPSA) is 48.1 Å². The average Bonchev–Trinajstić information content (AvgIpc) is 3.12. The van der Waals surface area contributed by atoms with E-state index in [0.717, 1.165) is 55.8 Å². The summed E-state index contributed by atoms with van der Waals surface area (Å²) in [6.07, 6.45) is 12.0. The van der Waals surface area contributed by atoms with Crippen LogP contribution >= 0.6 is 0 Å². The lowest BCUT2D eigenvalue weighted by Crippen LogP contribution is -2.65. The molecule has 3 heterocycles. The quantitative estimate of drug-likeness (QED) is 0.319. The molecule has 0 amide bonds. The Hall–Kier alpha value is -0.610. The molecule has 6 rings (SSSR count). The number of rotatable bonds is 6. The smallest absolute Gasteiger partial charge is 0.302 e. The molecular weight excluding hydrogens is 424 g/mol. The molecule has 3 saturated carbocycles. The van der Waals surface area contributed by atoms with Crippen molar-refractivity contribution in [2.45, 2.75) is 142 Å². The first-order valence-electron chi connectivity index (χ1n) is 14.5. The summed E-state index contributed by atoms with van der Waals surface area (Å²) in [6, 6.07) is 0. The first kappa shape index (κ1) is 23.8. The highest BCUT2D eigenvalue weighted by Crippen LogP contribution is 2.85. The largest absolute Gasteiger partial charge is 0.462 e. The molecule has 34 heavy (non-hydrogen) atoms. The van der Waals surface area contributed by atoms with Gasteiger partial charge in [0.1, 0.15) is 17.3 Å². The van der Waals surface area contributed by atoms with Crippen molar-refractivity contribution in [3.8, 4) is 0 Å². The zero-order valence-corrected chi connectivity index (χ0v) is 22.7. The standard InChI is InChI=1S/C30H48O4/c1-18(2)19(3)8-9-20(4)23-10-11-24-26(23,6)17-25-30(33-25)27(7)13-12-22(32-21(5)31)16-28(27)14-15-29(24,30)34-28/h18-20,22-25H,8-17H2,1-7H3/t19-,20+,22-,23+,24+,25-,26+,27-,28-,29+,30-/m0/s1. The van der Waals surface area contributed by atoms with Gasteiger partial charge in [-0.05, 0) is 80.0 Å². The van der Waals surface area contributed by atoms with E-state index in [9.17, 15) is 4.79 Å². The van der Waals surface area contributed by atoms with Crippen LogP contribution in [-0.4, -0.2) is 35.0 Å². The summed E-state index contributed by atoms with van der Waals surface area (Å²) >= 11 is 0. The SMILES string of the molecule is CC(=O)O[C@H]1CC[C@@]2(C)[C@]3(CC[C@@]4(O3)[C@@H]3CC[C@H]([C@H](C)CC[C@H](C)C(C)C)[C@@]3(C)C[C@@H]3O[C@@]324)C1. The molecule has 192 valence electrons. The van der Waals surface area contributed by atoms with E-state index in [1.807, 2.05) is 0 Å². The molecule has 4 nitrogen and oxygen atoms in total. The molecule has 4 heteroatoms. The molecule has 3 spiro atoms. The molecule has 3 aliphatic heterocycles. The van der Waals surface area contributed by atoms with Gasteiger partial charge in [0.15, 0.2) is 0 Å². The molecule has 3 saturated heterocycles. The van der Waals surface area contributed by atoms with Crippen molar-refractivity contribution in [2.75, 3.05) is 0 Å². The number of ether oxygens (including phenoxy) is 3. The van der Waals surface area contributed by atoms with Gasteiger partial charge in [0.25, 0.3) is 0 Å². The number of hydrogen-bond donors (Lipinski definition) is 0. The van der Waals surface area contributed by atoms with E-state index >= 15 is 0 Å². The van der Waals surface area contributed by atoms with Crippen LogP contribution in [0.1, 0.15) is 113 Å². The first-order chi connectivity index (χ1) is 15.9. The fourth-order valence-corrected chi connectivity index (χ4v) is 10.8. The number of epoxide rings is 1. The van der Waals surface area contributed by atoms with Gasteiger partial charge in [-0.25, -0.2) is 0 Å². The summed E-state index contributed by atoms with van der Waals surface area (Å²) in [5.74, 6) is 3.56. The van der Waals surface area contributed by atoms with Gasteiger partial charge in [-0.3, -0.25) is 4.79 Å². The summed E-state index contributed by atoms with van der Waals surface area (Å²) in [5, 5.41) is 0. The third-order valence-electron chi connectivity index (χ3n) is 12.8. The Labute approximate surface area is 207 Å². The zero-order chi connectivity index (χ0) is 24.3. The van der Waals surface area contributed by atoms with Crippen LogP contribution in [0.2, 0.25) is 0 Å². The maximum absolute atomic E-state index is 11.7. The Balaban J connectivity index is 1.28. The maximum atomic E-state index is 11.7. The zero-order valence-electron chi connectivity index (χ0n) is 22.7. The third-order valence-corrected chi connectivity index (χ3v) is 12.8. The number of esters is 1. The summed E-state index contributed by atoms with van der Waals surface area (Å²) in [6.45, 7) is 16.3. The van der Waals surface area contributed by atoms with Gasteiger partial charge < -0.3 is 14.2 Å². The van der Waals surface area contributed by atoms with Crippen molar-refractivity contribution in [1.29, 1.82) is 0 Å². The lowest BCUT2D eigenvalue weighted by molar-refractivity contribution is -0.168. The fourth-order valence-electron chi connectivity index (χ4n) is 10.8. The van der Waals surface area contributed by atoms with Crippen LogP contribution in [-0.2, 0) is 19.0 Å². The Kier molecular flexibility index (Phi) is 5.06. The third kappa shape index (κ3) is 2.66. The molecule has 0 N–H and O–H groups in total. The molecule has 6 fully saturated rings. The van der Waals surface area contributed by atoms with E-state index < -0.39 is 0 Å². The van der Waals surface area contributed by atoms with E-state index in [1.165, 1.54) is 32.1 Å². The van der Waals surface area contributed by atoms with Crippen LogP contribution in [0.3, 0.4) is 0 Å².